The highest BCUT2D eigenvalue weighted by Crippen LogP contribution is 2.35. The molecule has 1 aromatic rings. The largest absolute Gasteiger partial charge is 0.495 e. The minimum Gasteiger partial charge on any atom is -0.495 e. The fraction of sp³-hybridized carbons (Fsp3) is 0.400. The van der Waals surface area contributed by atoms with Crippen molar-refractivity contribution < 1.29 is 19.7 Å². The van der Waals surface area contributed by atoms with E-state index in [-0.39, 0.29) is 13.2 Å². The van der Waals surface area contributed by atoms with Crippen LogP contribution in [-0.4, -0.2) is 36.6 Å². The van der Waals surface area contributed by atoms with Gasteiger partial charge in [0, 0.05) is 6.07 Å². The van der Waals surface area contributed by atoms with E-state index in [9.17, 15) is 0 Å². The second kappa shape index (κ2) is 6.15. The first-order valence-electron chi connectivity index (χ1n) is 4.53. The Morgan fingerprint density at radius 3 is 2.44 bits per heavy atom. The number of benzene rings is 1. The maximum atomic E-state index is 9.12. The van der Waals surface area contributed by atoms with Crippen molar-refractivity contribution in [2.75, 3.05) is 20.3 Å². The highest BCUT2D eigenvalue weighted by atomic mass is 35.5. The summed E-state index contributed by atoms with van der Waals surface area (Å²) in [5.41, 5.74) is 0. The van der Waals surface area contributed by atoms with Crippen LogP contribution in [-0.2, 0) is 0 Å². The zero-order valence-electron chi connectivity index (χ0n) is 8.61. The minimum atomic E-state index is -0.947. The van der Waals surface area contributed by atoms with Crippen LogP contribution in [0.25, 0.3) is 0 Å². The van der Waals surface area contributed by atoms with Gasteiger partial charge in [0.15, 0.2) is 0 Å². The van der Waals surface area contributed by atoms with Gasteiger partial charge in [-0.15, -0.1) is 0 Å². The monoisotopic (exact) mass is 266 g/mol. The van der Waals surface area contributed by atoms with Crippen LogP contribution in [0, 0.1) is 0 Å². The molecule has 1 rings (SSSR count). The maximum absolute atomic E-state index is 9.12. The van der Waals surface area contributed by atoms with E-state index in [1.54, 1.807) is 0 Å². The smallest absolute Gasteiger partial charge is 0.141 e. The van der Waals surface area contributed by atoms with E-state index in [4.69, 9.17) is 42.9 Å². The van der Waals surface area contributed by atoms with Gasteiger partial charge in [-0.05, 0) is 6.07 Å². The summed E-state index contributed by atoms with van der Waals surface area (Å²) >= 11 is 11.7. The predicted molar refractivity (Wildman–Crippen MR) is 61.6 cm³/mol. The number of aliphatic hydroxyl groups excluding tert-OH is 2. The Hall–Kier alpha value is -0.680. The van der Waals surface area contributed by atoms with E-state index in [1.165, 1.54) is 19.2 Å². The SMILES string of the molecule is COc1cc(OCC(O)CO)c(Cl)cc1Cl. The van der Waals surface area contributed by atoms with E-state index in [0.717, 1.165) is 0 Å². The Balaban J connectivity index is 2.79. The lowest BCUT2D eigenvalue weighted by atomic mass is 10.3. The van der Waals surface area contributed by atoms with Crippen LogP contribution in [0.1, 0.15) is 0 Å². The van der Waals surface area contributed by atoms with E-state index >= 15 is 0 Å². The number of ether oxygens (including phenoxy) is 2. The van der Waals surface area contributed by atoms with E-state index in [0.29, 0.717) is 21.5 Å². The lowest BCUT2D eigenvalue weighted by Crippen LogP contribution is -2.21. The molecule has 16 heavy (non-hydrogen) atoms. The normalized spacial score (nSPS) is 12.3. The molecule has 0 aliphatic carbocycles. The van der Waals surface area contributed by atoms with Gasteiger partial charge in [0.2, 0.25) is 0 Å². The van der Waals surface area contributed by atoms with Gasteiger partial charge in [-0.1, -0.05) is 23.2 Å². The molecule has 0 fully saturated rings. The van der Waals surface area contributed by atoms with Gasteiger partial charge in [-0.25, -0.2) is 0 Å². The summed E-state index contributed by atoms with van der Waals surface area (Å²) in [5, 5.41) is 18.4. The molecule has 1 unspecified atom stereocenters. The van der Waals surface area contributed by atoms with Crippen molar-refractivity contribution >= 4 is 23.2 Å². The molecule has 0 radical (unpaired) electrons. The maximum Gasteiger partial charge on any atom is 0.141 e. The summed E-state index contributed by atoms with van der Waals surface area (Å²) in [6.07, 6.45) is -0.947. The third kappa shape index (κ3) is 3.42. The average molecular weight is 267 g/mol. The molecule has 0 aromatic heterocycles. The molecular formula is C10H12Cl2O4. The molecule has 4 nitrogen and oxygen atoms in total. The van der Waals surface area contributed by atoms with E-state index in [2.05, 4.69) is 0 Å². The van der Waals surface area contributed by atoms with Crippen LogP contribution in [0.15, 0.2) is 12.1 Å². The molecule has 0 aliphatic heterocycles. The first-order valence-corrected chi connectivity index (χ1v) is 5.28. The van der Waals surface area contributed by atoms with Crippen molar-refractivity contribution in [1.82, 2.24) is 0 Å². The van der Waals surface area contributed by atoms with E-state index in [1.807, 2.05) is 0 Å². The van der Waals surface area contributed by atoms with Crippen LogP contribution < -0.4 is 9.47 Å². The lowest BCUT2D eigenvalue weighted by Gasteiger charge is -2.12. The van der Waals surface area contributed by atoms with Crippen molar-refractivity contribution in [3.8, 4) is 11.5 Å². The van der Waals surface area contributed by atoms with Gasteiger partial charge in [-0.2, -0.15) is 0 Å². The van der Waals surface area contributed by atoms with Crippen molar-refractivity contribution in [2.24, 2.45) is 0 Å². The van der Waals surface area contributed by atoms with Crippen LogP contribution in [0.2, 0.25) is 10.0 Å². The molecule has 2 N–H and O–H groups in total. The van der Waals surface area contributed by atoms with Gasteiger partial charge in [0.25, 0.3) is 0 Å². The number of methoxy groups -OCH3 is 1. The molecular weight excluding hydrogens is 255 g/mol. The van der Waals surface area contributed by atoms with Crippen LogP contribution in [0.5, 0.6) is 11.5 Å². The molecule has 1 aromatic carbocycles. The highest BCUT2D eigenvalue weighted by molar-refractivity contribution is 6.36. The van der Waals surface area contributed by atoms with Crippen LogP contribution >= 0.6 is 23.2 Å². The van der Waals surface area contributed by atoms with Crippen molar-refractivity contribution in [1.29, 1.82) is 0 Å². The molecule has 0 saturated heterocycles. The zero-order valence-corrected chi connectivity index (χ0v) is 10.1. The number of halogens is 2. The van der Waals surface area contributed by atoms with Crippen LogP contribution in [0.4, 0.5) is 0 Å². The van der Waals surface area contributed by atoms with Gasteiger partial charge in [0.1, 0.15) is 24.2 Å². The molecule has 0 saturated carbocycles. The summed E-state index contributed by atoms with van der Waals surface area (Å²) in [4.78, 5) is 0. The van der Waals surface area contributed by atoms with Crippen molar-refractivity contribution in [2.45, 2.75) is 6.10 Å². The van der Waals surface area contributed by atoms with Gasteiger partial charge in [-0.3, -0.25) is 0 Å². The molecule has 1 atom stereocenters. The number of aliphatic hydroxyl groups is 2. The minimum absolute atomic E-state index is 0.0546. The predicted octanol–water partition coefficient (Wildman–Crippen LogP) is 1.73. The number of hydrogen-bond acceptors (Lipinski definition) is 4. The summed E-state index contributed by atoms with van der Waals surface area (Å²) in [7, 11) is 1.47. The Kier molecular flexibility index (Phi) is 5.15. The van der Waals surface area contributed by atoms with Gasteiger partial charge < -0.3 is 19.7 Å². The molecule has 0 spiro atoms. The molecule has 90 valence electrons. The van der Waals surface area contributed by atoms with Crippen molar-refractivity contribution in [3.63, 3.8) is 0 Å². The highest BCUT2D eigenvalue weighted by Gasteiger charge is 2.10. The summed E-state index contributed by atoms with van der Waals surface area (Å²) in [6, 6.07) is 3.01. The first kappa shape index (κ1) is 13.4. The molecule has 0 bridgehead atoms. The fourth-order valence-electron chi connectivity index (χ4n) is 1.02. The second-order valence-corrected chi connectivity index (χ2v) is 3.88. The quantitative estimate of drug-likeness (QED) is 0.853. The lowest BCUT2D eigenvalue weighted by molar-refractivity contribution is 0.0536. The molecule has 0 amide bonds. The molecule has 6 heteroatoms. The van der Waals surface area contributed by atoms with Gasteiger partial charge >= 0.3 is 0 Å². The standard InChI is InChI=1S/C10H12Cl2O4/c1-15-9-3-10(8(12)2-7(9)11)16-5-6(14)4-13/h2-3,6,13-14H,4-5H2,1H3. The van der Waals surface area contributed by atoms with Crippen LogP contribution in [0.3, 0.4) is 0 Å². The van der Waals surface area contributed by atoms with Crippen molar-refractivity contribution in [3.05, 3.63) is 22.2 Å². The first-order chi connectivity index (χ1) is 7.58. The average Bonchev–Trinajstić information content (AvgIpc) is 2.27. The Morgan fingerprint density at radius 2 is 1.88 bits per heavy atom. The Morgan fingerprint density at radius 1 is 1.25 bits per heavy atom. The Bertz CT molecular complexity index is 357. The molecule has 0 aliphatic rings. The van der Waals surface area contributed by atoms with E-state index < -0.39 is 6.10 Å². The topological polar surface area (TPSA) is 58.9 Å². The number of hydrogen-bond donors (Lipinski definition) is 2. The zero-order chi connectivity index (χ0) is 12.1. The second-order valence-electron chi connectivity index (χ2n) is 3.06. The Labute approximate surface area is 103 Å². The number of rotatable bonds is 5. The third-order valence-corrected chi connectivity index (χ3v) is 2.44. The van der Waals surface area contributed by atoms with Gasteiger partial charge in [0.05, 0.1) is 23.8 Å². The summed E-state index contributed by atoms with van der Waals surface area (Å²) < 4.78 is 10.2. The fourth-order valence-corrected chi connectivity index (χ4v) is 1.53. The summed E-state index contributed by atoms with van der Waals surface area (Å²) in [5.74, 6) is 0.773. The third-order valence-electron chi connectivity index (χ3n) is 1.85. The molecule has 0 heterocycles. The summed E-state index contributed by atoms with van der Waals surface area (Å²) in [6.45, 7) is -0.427.